The third-order valence-electron chi connectivity index (χ3n) is 5.22. The lowest BCUT2D eigenvalue weighted by atomic mass is 10.0. The largest absolute Gasteiger partial charge is 0.466 e. The van der Waals surface area contributed by atoms with Gasteiger partial charge < -0.3 is 15.0 Å². The molecule has 30 heavy (non-hydrogen) atoms. The van der Waals surface area contributed by atoms with Crippen molar-refractivity contribution in [2.24, 2.45) is 0 Å². The average Bonchev–Trinajstić information content (AvgIpc) is 2.74. The highest BCUT2D eigenvalue weighted by Gasteiger charge is 2.47. The average molecular weight is 413 g/mol. The number of nitrogens with one attached hydrogen (secondary N) is 1. The summed E-state index contributed by atoms with van der Waals surface area (Å²) in [5.74, 6) is -3.34. The molecule has 1 fully saturated rings. The maximum absolute atomic E-state index is 14.6. The Morgan fingerprint density at radius 2 is 2.07 bits per heavy atom. The highest BCUT2D eigenvalue weighted by atomic mass is 19.3. The molecular formula is C23H25F2N3O2. The molecule has 0 spiro atoms. The second kappa shape index (κ2) is 8.65. The lowest BCUT2D eigenvalue weighted by Crippen LogP contribution is -2.55. The lowest BCUT2D eigenvalue weighted by molar-refractivity contribution is -0.131. The zero-order valence-corrected chi connectivity index (χ0v) is 17.1. The minimum absolute atomic E-state index is 0.0521. The molecule has 1 aromatic carbocycles. The molecule has 158 valence electrons. The Morgan fingerprint density at radius 3 is 2.73 bits per heavy atom. The molecule has 1 unspecified atom stereocenters. The first-order chi connectivity index (χ1) is 14.3. The number of alkyl halides is 2. The van der Waals surface area contributed by atoms with Crippen molar-refractivity contribution >= 4 is 23.7 Å². The van der Waals surface area contributed by atoms with Crippen molar-refractivity contribution in [3.05, 3.63) is 65.9 Å². The van der Waals surface area contributed by atoms with Gasteiger partial charge in [0.05, 0.1) is 17.8 Å². The first-order valence-corrected chi connectivity index (χ1v) is 9.67. The number of hydrogen-bond acceptors (Lipinski definition) is 4. The van der Waals surface area contributed by atoms with E-state index in [1.54, 1.807) is 31.3 Å². The van der Waals surface area contributed by atoms with Gasteiger partial charge in [-0.2, -0.15) is 0 Å². The van der Waals surface area contributed by atoms with Gasteiger partial charge in [-0.1, -0.05) is 31.4 Å². The van der Waals surface area contributed by atoms with Crippen LogP contribution in [0, 0.1) is 6.92 Å². The quantitative estimate of drug-likeness (QED) is 0.749. The molecular weight excluding hydrogens is 388 g/mol. The number of hydrogen-bond donors (Lipinski definition) is 1. The molecule has 2 heterocycles. The van der Waals surface area contributed by atoms with Crippen molar-refractivity contribution in [3.63, 3.8) is 0 Å². The van der Waals surface area contributed by atoms with Crippen LogP contribution >= 0.6 is 0 Å². The number of rotatable bonds is 6. The molecule has 3 rings (SSSR count). The Morgan fingerprint density at radius 1 is 1.30 bits per heavy atom. The number of piperidine rings is 1. The van der Waals surface area contributed by atoms with Gasteiger partial charge in [-0.15, -0.1) is 0 Å². The molecule has 1 saturated heterocycles. The van der Waals surface area contributed by atoms with E-state index in [4.69, 9.17) is 4.74 Å². The number of likely N-dealkylation sites (tertiary alicyclic amines) is 1. The number of benzene rings is 1. The summed E-state index contributed by atoms with van der Waals surface area (Å²) in [5, 5.41) is 3.02. The van der Waals surface area contributed by atoms with E-state index in [0.29, 0.717) is 16.9 Å². The summed E-state index contributed by atoms with van der Waals surface area (Å²) in [7, 11) is 1.73. The Balaban J connectivity index is 1.84. The fourth-order valence-corrected chi connectivity index (χ4v) is 3.54. The molecule has 1 amide bonds. The zero-order valence-electron chi connectivity index (χ0n) is 17.1. The van der Waals surface area contributed by atoms with Gasteiger partial charge in [0.25, 0.3) is 11.8 Å². The first kappa shape index (κ1) is 21.5. The van der Waals surface area contributed by atoms with Crippen molar-refractivity contribution in [1.82, 2.24) is 9.88 Å². The predicted octanol–water partition coefficient (Wildman–Crippen LogP) is 4.65. The second-order valence-electron chi connectivity index (χ2n) is 7.15. The van der Waals surface area contributed by atoms with Crippen molar-refractivity contribution in [3.8, 4) is 5.88 Å². The number of anilines is 1. The molecule has 5 nitrogen and oxygen atoms in total. The number of para-hydroxylation sites is 1. The van der Waals surface area contributed by atoms with Crippen LogP contribution in [0.5, 0.6) is 5.88 Å². The van der Waals surface area contributed by atoms with E-state index < -0.39 is 18.4 Å². The minimum atomic E-state index is -3.08. The number of carbonyl (C=O) groups is 1. The highest BCUT2D eigenvalue weighted by Crippen LogP contribution is 2.33. The van der Waals surface area contributed by atoms with Crippen LogP contribution in [0.2, 0.25) is 0 Å². The van der Waals surface area contributed by atoms with Crippen LogP contribution in [0.4, 0.5) is 14.5 Å². The van der Waals surface area contributed by atoms with Crippen LogP contribution in [0.1, 0.15) is 33.6 Å². The van der Waals surface area contributed by atoms with E-state index in [1.165, 1.54) is 17.0 Å². The molecule has 1 atom stereocenters. The molecule has 0 radical (unpaired) electrons. The zero-order chi connectivity index (χ0) is 21.9. The normalized spacial score (nSPS) is 17.9. The lowest BCUT2D eigenvalue weighted by Gasteiger charge is -2.38. The van der Waals surface area contributed by atoms with Gasteiger partial charge in [-0.25, -0.2) is 13.8 Å². The smallest absolute Gasteiger partial charge is 0.287 e. The number of pyridine rings is 1. The van der Waals surface area contributed by atoms with Gasteiger partial charge in [0.15, 0.2) is 6.10 Å². The summed E-state index contributed by atoms with van der Waals surface area (Å²) in [6.45, 7) is 8.96. The summed E-state index contributed by atoms with van der Waals surface area (Å²) in [6.07, 6.45) is 1.13. The van der Waals surface area contributed by atoms with Crippen LogP contribution in [-0.4, -0.2) is 48.0 Å². The molecule has 7 heteroatoms. The fraction of sp³-hybridized carbons (Fsp3) is 0.304. The Hall–Kier alpha value is -3.22. The van der Waals surface area contributed by atoms with Crippen LogP contribution in [-0.2, 0) is 0 Å². The van der Waals surface area contributed by atoms with Crippen LogP contribution in [0.15, 0.2) is 43.5 Å². The number of ether oxygens (including phenoxy) is 1. The Bertz CT molecular complexity index is 975. The summed E-state index contributed by atoms with van der Waals surface area (Å²) in [6, 6.07) is 8.55. The SMILES string of the molecule is C=Cc1ccc(OC2CN(C(=O)c3cccc(C)c3NC)CCC2(F)F)nc1C=C. The molecule has 1 aliphatic heterocycles. The fourth-order valence-electron chi connectivity index (χ4n) is 3.54. The molecule has 1 aromatic heterocycles. The van der Waals surface area contributed by atoms with Crippen LogP contribution in [0.3, 0.4) is 0 Å². The van der Waals surface area contributed by atoms with E-state index in [-0.39, 0.29) is 24.9 Å². The molecule has 2 aromatic rings. The Labute approximate surface area is 175 Å². The minimum Gasteiger partial charge on any atom is -0.466 e. The molecule has 0 aliphatic carbocycles. The van der Waals surface area contributed by atoms with E-state index >= 15 is 0 Å². The summed E-state index contributed by atoms with van der Waals surface area (Å²) >= 11 is 0. The van der Waals surface area contributed by atoms with Crippen molar-refractivity contribution in [1.29, 1.82) is 0 Å². The molecule has 0 bridgehead atoms. The predicted molar refractivity (Wildman–Crippen MR) is 115 cm³/mol. The van der Waals surface area contributed by atoms with Crippen molar-refractivity contribution in [2.75, 3.05) is 25.5 Å². The summed E-state index contributed by atoms with van der Waals surface area (Å²) in [5.41, 5.74) is 3.26. The van der Waals surface area contributed by atoms with E-state index in [2.05, 4.69) is 23.5 Å². The van der Waals surface area contributed by atoms with E-state index in [0.717, 1.165) is 11.1 Å². The number of nitrogens with zero attached hydrogens (tertiary/aromatic N) is 2. The van der Waals surface area contributed by atoms with Gasteiger partial charge in [0.2, 0.25) is 5.88 Å². The Kier molecular flexibility index (Phi) is 6.20. The van der Waals surface area contributed by atoms with E-state index in [1.807, 2.05) is 13.0 Å². The summed E-state index contributed by atoms with van der Waals surface area (Å²) < 4.78 is 34.7. The second-order valence-corrected chi connectivity index (χ2v) is 7.15. The van der Waals surface area contributed by atoms with Gasteiger partial charge >= 0.3 is 0 Å². The third kappa shape index (κ3) is 4.20. The monoisotopic (exact) mass is 413 g/mol. The number of halogens is 2. The standard InChI is InChI=1S/C23H25F2N3O2/c1-5-16-10-11-20(27-18(16)6-2)30-19-14-28(13-12-23(19,24)25)22(29)17-9-7-8-15(3)21(17)26-4/h5-11,19,26H,1-2,12-14H2,3-4H3. The van der Waals surface area contributed by atoms with Crippen molar-refractivity contribution < 1.29 is 18.3 Å². The van der Waals surface area contributed by atoms with Crippen LogP contribution < -0.4 is 10.1 Å². The highest BCUT2D eigenvalue weighted by molar-refractivity contribution is 6.00. The summed E-state index contributed by atoms with van der Waals surface area (Å²) in [4.78, 5) is 18.7. The third-order valence-corrected chi connectivity index (χ3v) is 5.22. The van der Waals surface area contributed by atoms with Gasteiger partial charge in [0.1, 0.15) is 0 Å². The molecule has 0 saturated carbocycles. The van der Waals surface area contributed by atoms with Gasteiger partial charge in [-0.3, -0.25) is 4.79 Å². The van der Waals surface area contributed by atoms with Gasteiger partial charge in [-0.05, 0) is 36.3 Å². The maximum atomic E-state index is 14.6. The topological polar surface area (TPSA) is 54.5 Å². The number of aryl methyl sites for hydroxylation is 1. The van der Waals surface area contributed by atoms with Crippen molar-refractivity contribution in [2.45, 2.75) is 25.4 Å². The molecule has 1 aliphatic rings. The maximum Gasteiger partial charge on any atom is 0.287 e. The van der Waals surface area contributed by atoms with E-state index in [9.17, 15) is 13.6 Å². The number of amides is 1. The molecule has 1 N–H and O–H groups in total. The van der Waals surface area contributed by atoms with Gasteiger partial charge in [0, 0.05) is 31.8 Å². The first-order valence-electron chi connectivity index (χ1n) is 9.67. The number of carbonyl (C=O) groups excluding carboxylic acids is 1. The number of aromatic nitrogens is 1. The van der Waals surface area contributed by atoms with Crippen LogP contribution in [0.25, 0.3) is 12.2 Å².